The summed E-state index contributed by atoms with van der Waals surface area (Å²) in [6, 6.07) is 0. The van der Waals surface area contributed by atoms with Gasteiger partial charge >= 0.3 is 109 Å². The number of hydrogen-bond acceptors (Lipinski definition) is 0. The van der Waals surface area contributed by atoms with Gasteiger partial charge in [-0.3, -0.25) is 0 Å². The van der Waals surface area contributed by atoms with Crippen LogP contribution in [0.15, 0.2) is 0 Å². The molecule has 0 spiro atoms. The molecule has 0 amide bonds. The van der Waals surface area contributed by atoms with E-state index in [0.717, 1.165) is 62.8 Å². The predicted octanol–water partition coefficient (Wildman–Crippen LogP) is 2.93. The molecule has 0 aromatic heterocycles. The van der Waals surface area contributed by atoms with Crippen LogP contribution in [0.2, 0.25) is -3.16 Å². The second-order valence-corrected chi connectivity index (χ2v) is 12.5. The topological polar surface area (TPSA) is 0 Å². The average Bonchev–Trinajstić information content (AvgIpc) is 1.63. The van der Waals surface area contributed by atoms with E-state index in [9.17, 15) is 0 Å². The van der Waals surface area contributed by atoms with Gasteiger partial charge in [0.25, 0.3) is 0 Å². The predicted molar refractivity (Wildman–Crippen MR) is 43.9 cm³/mol. The van der Waals surface area contributed by atoms with E-state index in [4.69, 9.17) is 0 Å². The summed E-state index contributed by atoms with van der Waals surface area (Å²) in [5.74, 6) is 0. The van der Waals surface area contributed by atoms with Crippen LogP contribution in [0, 0.1) is 0 Å². The minimum absolute atomic E-state index is 0.767. The Morgan fingerprint density at radius 3 is 2.11 bits per heavy atom. The molecule has 1 heteroatoms. The molecule has 0 nitrogen and oxygen atoms in total. The van der Waals surface area contributed by atoms with Crippen molar-refractivity contribution >= 4 is 65.9 Å². The Kier molecular flexibility index (Phi) is 6.96. The third-order valence-corrected chi connectivity index (χ3v) is 3.10. The summed E-state index contributed by atoms with van der Waals surface area (Å²) in [5.41, 5.74) is 0. The Morgan fingerprint density at radius 2 is 1.78 bits per heavy atom. The standard InChI is InChI=1S/C8H17.Cs/c1-4-5-6-7-8(2)3;/h4-7H2,1-3H3;. The van der Waals surface area contributed by atoms with E-state index in [-0.39, 0.29) is 0 Å². The summed E-state index contributed by atoms with van der Waals surface area (Å²) >= 11 is 0.767. The van der Waals surface area contributed by atoms with Crippen molar-refractivity contribution < 1.29 is 0 Å². The van der Waals surface area contributed by atoms with Crippen molar-refractivity contribution in [3.05, 3.63) is 0 Å². The first kappa shape index (κ1) is 11.1. The number of rotatable bonds is 4. The van der Waals surface area contributed by atoms with Gasteiger partial charge in [-0.25, -0.2) is 0 Å². The molecule has 0 aliphatic carbocycles. The third-order valence-electron chi connectivity index (χ3n) is 1.53. The fourth-order valence-corrected chi connectivity index (χ4v) is 2.02. The first-order chi connectivity index (χ1) is 4.06. The molecule has 0 aromatic rings. The van der Waals surface area contributed by atoms with E-state index >= 15 is 0 Å². The maximum atomic E-state index is 2.41. The number of unbranched alkanes of at least 4 members (excludes halogenated alkanes) is 2. The molecule has 0 saturated heterocycles. The van der Waals surface area contributed by atoms with Crippen LogP contribution in [-0.4, -0.2) is 65.9 Å². The van der Waals surface area contributed by atoms with Crippen molar-refractivity contribution in [3.8, 4) is 0 Å². The molecule has 0 bridgehead atoms. The molecule has 0 saturated carbocycles. The van der Waals surface area contributed by atoms with Crippen LogP contribution in [0.5, 0.6) is 0 Å². The molecule has 0 N–H and O–H groups in total. The van der Waals surface area contributed by atoms with Gasteiger partial charge in [-0.1, -0.05) is 0 Å². The monoisotopic (exact) mass is 246 g/mol. The van der Waals surface area contributed by atoms with E-state index < -0.39 is 0 Å². The van der Waals surface area contributed by atoms with Crippen LogP contribution in [0.1, 0.15) is 46.5 Å². The summed E-state index contributed by atoms with van der Waals surface area (Å²) in [7, 11) is 0. The van der Waals surface area contributed by atoms with Crippen LogP contribution < -0.4 is 0 Å². The zero-order chi connectivity index (χ0) is 7.33. The summed E-state index contributed by atoms with van der Waals surface area (Å²) < 4.78 is 0.773. The molecular formula is C8H17Cs. The molecule has 0 atom stereocenters. The van der Waals surface area contributed by atoms with Crippen molar-refractivity contribution in [2.24, 2.45) is 0 Å². The molecule has 0 aliphatic heterocycles. The molecule has 0 heterocycles. The van der Waals surface area contributed by atoms with Crippen LogP contribution in [0.3, 0.4) is 0 Å². The van der Waals surface area contributed by atoms with Gasteiger partial charge in [0.15, 0.2) is 0 Å². The quantitative estimate of drug-likeness (QED) is 0.669. The Morgan fingerprint density at radius 1 is 1.22 bits per heavy atom. The summed E-state index contributed by atoms with van der Waals surface area (Å²) in [6.07, 6.45) is 5.74. The molecule has 0 rings (SSSR count). The van der Waals surface area contributed by atoms with Crippen LogP contribution in [-0.2, 0) is 0 Å². The van der Waals surface area contributed by atoms with E-state index in [0.29, 0.717) is 0 Å². The van der Waals surface area contributed by atoms with Gasteiger partial charge in [-0.05, 0) is 0 Å². The molecule has 50 valence electrons. The number of hydrogen-bond donors (Lipinski definition) is 0. The summed E-state index contributed by atoms with van der Waals surface area (Å²) in [4.78, 5) is 0. The van der Waals surface area contributed by atoms with Crippen molar-refractivity contribution in [2.45, 2.75) is 43.3 Å². The van der Waals surface area contributed by atoms with E-state index in [1.807, 2.05) is 0 Å². The van der Waals surface area contributed by atoms with Crippen LogP contribution in [0.25, 0.3) is 0 Å². The Hall–Kier alpha value is 2.05. The van der Waals surface area contributed by atoms with Crippen LogP contribution >= 0.6 is 0 Å². The first-order valence-electron chi connectivity index (χ1n) is 4.06. The van der Waals surface area contributed by atoms with E-state index in [1.54, 1.807) is 0 Å². The Balaban J connectivity index is 3.07. The summed E-state index contributed by atoms with van der Waals surface area (Å²) in [5, 5.41) is 0. The van der Waals surface area contributed by atoms with Gasteiger partial charge in [-0.2, -0.15) is 0 Å². The molecule has 0 unspecified atom stereocenters. The van der Waals surface area contributed by atoms with E-state index in [1.165, 1.54) is 25.7 Å². The van der Waals surface area contributed by atoms with Gasteiger partial charge < -0.3 is 0 Å². The van der Waals surface area contributed by atoms with Crippen LogP contribution in [0.4, 0.5) is 0 Å². The van der Waals surface area contributed by atoms with Crippen molar-refractivity contribution in [1.29, 1.82) is 0 Å². The normalized spacial score (nSPS) is 12.1. The molecule has 9 heavy (non-hydrogen) atoms. The van der Waals surface area contributed by atoms with E-state index in [2.05, 4.69) is 20.8 Å². The molecule has 0 aliphatic rings. The molecule has 0 fully saturated rings. The second-order valence-electron chi connectivity index (χ2n) is 4.02. The minimum atomic E-state index is 0.767. The van der Waals surface area contributed by atoms with Crippen molar-refractivity contribution in [2.75, 3.05) is 0 Å². The van der Waals surface area contributed by atoms with Gasteiger partial charge in [-0.15, -0.1) is 0 Å². The summed E-state index contributed by atoms with van der Waals surface area (Å²) in [6.45, 7) is 7.08. The fourth-order valence-electron chi connectivity index (χ4n) is 0.905. The van der Waals surface area contributed by atoms with Gasteiger partial charge in [0.05, 0.1) is 0 Å². The zero-order valence-electron chi connectivity index (χ0n) is 7.33. The van der Waals surface area contributed by atoms with Gasteiger partial charge in [0, 0.05) is 0 Å². The average molecular weight is 246 g/mol. The van der Waals surface area contributed by atoms with Gasteiger partial charge in [0.2, 0.25) is 0 Å². The SMILES string of the molecule is CCCCC[C](C)(C)[Cs]. The fraction of sp³-hybridized carbons (Fsp3) is 1.00. The first-order valence-corrected chi connectivity index (χ1v) is 7.20. The Labute approximate surface area is 107 Å². The second kappa shape index (κ2) is 5.67. The molecule has 0 radical (unpaired) electrons. The zero-order valence-corrected chi connectivity index (χ0v) is 13.6. The van der Waals surface area contributed by atoms with Gasteiger partial charge in [0.1, 0.15) is 0 Å². The molecule has 0 aromatic carbocycles. The van der Waals surface area contributed by atoms with Crippen molar-refractivity contribution in [1.82, 2.24) is 0 Å². The Bertz CT molecular complexity index is 61.5. The third kappa shape index (κ3) is 10.1. The maximum absolute atomic E-state index is 2.41. The molecular weight excluding hydrogens is 229 g/mol. The van der Waals surface area contributed by atoms with Crippen molar-refractivity contribution in [3.63, 3.8) is 0 Å².